The summed E-state index contributed by atoms with van der Waals surface area (Å²) in [5, 5.41) is 5.30. The number of carbonyl (C=O) groups is 2. The Balaban J connectivity index is 1.30. The summed E-state index contributed by atoms with van der Waals surface area (Å²) >= 11 is 0. The van der Waals surface area contributed by atoms with Crippen LogP contribution in [-0.4, -0.2) is 51.0 Å². The topological polar surface area (TPSA) is 114 Å². The molecule has 164 valence electrons. The van der Waals surface area contributed by atoms with E-state index in [2.05, 4.69) is 10.6 Å². The predicted octanol–water partition coefficient (Wildman–Crippen LogP) is 1.57. The molecule has 2 aromatic rings. The number of amides is 2. The van der Waals surface area contributed by atoms with Crippen LogP contribution in [-0.2, 0) is 19.6 Å². The van der Waals surface area contributed by atoms with Crippen molar-refractivity contribution in [3.8, 4) is 11.5 Å². The Kier molecular flexibility index (Phi) is 6.10. The number of ether oxygens (including phenoxy) is 2. The molecule has 0 unspecified atom stereocenters. The molecule has 1 saturated heterocycles. The van der Waals surface area contributed by atoms with Crippen molar-refractivity contribution in [1.82, 2.24) is 9.62 Å². The lowest BCUT2D eigenvalue weighted by Gasteiger charge is -2.31. The zero-order valence-corrected chi connectivity index (χ0v) is 17.6. The minimum absolute atomic E-state index is 0.0901. The number of hydrogen-bond acceptors (Lipinski definition) is 6. The number of rotatable bonds is 6. The number of sulfonamides is 1. The number of fused-ring (bicyclic) bond motifs is 1. The van der Waals surface area contributed by atoms with E-state index in [4.69, 9.17) is 9.47 Å². The molecule has 1 atom stereocenters. The normalized spacial score (nSPS) is 18.4. The number of carbonyl (C=O) groups excluding carboxylic acids is 2. The van der Waals surface area contributed by atoms with Gasteiger partial charge in [-0.1, -0.05) is 18.2 Å². The van der Waals surface area contributed by atoms with E-state index < -0.39 is 21.8 Å². The number of anilines is 1. The summed E-state index contributed by atoms with van der Waals surface area (Å²) < 4.78 is 37.5. The first-order valence-electron chi connectivity index (χ1n) is 9.96. The van der Waals surface area contributed by atoms with Gasteiger partial charge in [-0.15, -0.1) is 0 Å². The SMILES string of the molecule is O=C(CNC(=O)[C@H]1CCCN(S(=O)(=O)c2ccccc2)C1)Nc1ccc2c(c1)OCO2. The van der Waals surface area contributed by atoms with E-state index in [-0.39, 0.29) is 30.7 Å². The fourth-order valence-corrected chi connectivity index (χ4v) is 5.15. The van der Waals surface area contributed by atoms with Crippen molar-refractivity contribution >= 4 is 27.5 Å². The van der Waals surface area contributed by atoms with Gasteiger partial charge in [-0.2, -0.15) is 4.31 Å². The van der Waals surface area contributed by atoms with Gasteiger partial charge in [-0.05, 0) is 37.1 Å². The Morgan fingerprint density at radius 1 is 1.06 bits per heavy atom. The van der Waals surface area contributed by atoms with E-state index in [1.54, 1.807) is 48.5 Å². The molecule has 1 fully saturated rings. The van der Waals surface area contributed by atoms with Crippen LogP contribution in [0.1, 0.15) is 12.8 Å². The van der Waals surface area contributed by atoms with Crippen molar-refractivity contribution in [1.29, 1.82) is 0 Å². The molecular formula is C21H23N3O6S. The second kappa shape index (κ2) is 8.94. The van der Waals surface area contributed by atoms with Crippen LogP contribution in [0, 0.1) is 5.92 Å². The molecule has 0 spiro atoms. The van der Waals surface area contributed by atoms with Gasteiger partial charge in [-0.3, -0.25) is 9.59 Å². The fourth-order valence-electron chi connectivity index (χ4n) is 3.61. The first kappa shape index (κ1) is 21.1. The Morgan fingerprint density at radius 3 is 2.65 bits per heavy atom. The van der Waals surface area contributed by atoms with E-state index in [0.717, 1.165) is 0 Å². The molecule has 0 aliphatic carbocycles. The van der Waals surface area contributed by atoms with E-state index in [0.29, 0.717) is 36.6 Å². The van der Waals surface area contributed by atoms with E-state index >= 15 is 0 Å². The van der Waals surface area contributed by atoms with Crippen molar-refractivity contribution in [3.05, 3.63) is 48.5 Å². The van der Waals surface area contributed by atoms with Crippen LogP contribution in [0.5, 0.6) is 11.5 Å². The maximum atomic E-state index is 12.8. The van der Waals surface area contributed by atoms with Gasteiger partial charge in [0.1, 0.15) is 0 Å². The van der Waals surface area contributed by atoms with E-state index in [1.807, 2.05) is 0 Å². The summed E-state index contributed by atoms with van der Waals surface area (Å²) in [7, 11) is -3.65. The van der Waals surface area contributed by atoms with Gasteiger partial charge in [0.05, 0.1) is 17.4 Å². The first-order chi connectivity index (χ1) is 14.9. The molecule has 0 saturated carbocycles. The van der Waals surface area contributed by atoms with Gasteiger partial charge in [0.15, 0.2) is 11.5 Å². The summed E-state index contributed by atoms with van der Waals surface area (Å²) in [6, 6.07) is 13.2. The monoisotopic (exact) mass is 445 g/mol. The highest BCUT2D eigenvalue weighted by Crippen LogP contribution is 2.34. The van der Waals surface area contributed by atoms with Gasteiger partial charge in [-0.25, -0.2) is 8.42 Å². The van der Waals surface area contributed by atoms with Crippen LogP contribution < -0.4 is 20.1 Å². The molecule has 9 nitrogen and oxygen atoms in total. The van der Waals surface area contributed by atoms with Gasteiger partial charge < -0.3 is 20.1 Å². The highest BCUT2D eigenvalue weighted by atomic mass is 32.2. The van der Waals surface area contributed by atoms with E-state index in [1.165, 1.54) is 4.31 Å². The minimum Gasteiger partial charge on any atom is -0.454 e. The number of nitrogens with zero attached hydrogens (tertiary/aromatic N) is 1. The van der Waals surface area contributed by atoms with Crippen LogP contribution in [0.4, 0.5) is 5.69 Å². The molecule has 0 bridgehead atoms. The summed E-state index contributed by atoms with van der Waals surface area (Å²) in [6.45, 7) is 0.384. The highest BCUT2D eigenvalue weighted by molar-refractivity contribution is 7.89. The maximum absolute atomic E-state index is 12.8. The summed E-state index contributed by atoms with van der Waals surface area (Å²) in [5.41, 5.74) is 0.529. The summed E-state index contributed by atoms with van der Waals surface area (Å²) in [5.74, 6) is -0.0847. The third-order valence-electron chi connectivity index (χ3n) is 5.22. The summed E-state index contributed by atoms with van der Waals surface area (Å²) in [6.07, 6.45) is 1.14. The molecule has 2 amide bonds. The largest absolute Gasteiger partial charge is 0.454 e. The van der Waals surface area contributed by atoms with Gasteiger partial charge in [0.25, 0.3) is 0 Å². The highest BCUT2D eigenvalue weighted by Gasteiger charge is 2.33. The number of hydrogen-bond donors (Lipinski definition) is 2. The average molecular weight is 445 g/mol. The summed E-state index contributed by atoms with van der Waals surface area (Å²) in [4.78, 5) is 25.0. The van der Waals surface area contributed by atoms with Crippen LogP contribution in [0.15, 0.2) is 53.4 Å². The lowest BCUT2D eigenvalue weighted by atomic mass is 9.99. The molecule has 2 aliphatic rings. The van der Waals surface area contributed by atoms with Crippen molar-refractivity contribution in [2.24, 2.45) is 5.92 Å². The second-order valence-electron chi connectivity index (χ2n) is 7.35. The lowest BCUT2D eigenvalue weighted by molar-refractivity contribution is -0.128. The van der Waals surface area contributed by atoms with Crippen molar-refractivity contribution in [2.75, 3.05) is 31.7 Å². The second-order valence-corrected chi connectivity index (χ2v) is 9.29. The number of nitrogens with one attached hydrogen (secondary N) is 2. The zero-order chi connectivity index (χ0) is 21.8. The molecule has 0 radical (unpaired) electrons. The van der Waals surface area contributed by atoms with Crippen molar-refractivity contribution in [2.45, 2.75) is 17.7 Å². The van der Waals surface area contributed by atoms with Gasteiger partial charge in [0, 0.05) is 24.8 Å². The van der Waals surface area contributed by atoms with Crippen LogP contribution in [0.2, 0.25) is 0 Å². The molecule has 0 aromatic heterocycles. The fraction of sp³-hybridized carbons (Fsp3) is 0.333. The van der Waals surface area contributed by atoms with E-state index in [9.17, 15) is 18.0 Å². The third-order valence-corrected chi connectivity index (χ3v) is 7.09. The number of benzene rings is 2. The molecular weight excluding hydrogens is 422 g/mol. The Labute approximate surface area is 180 Å². The van der Waals surface area contributed by atoms with Crippen molar-refractivity contribution in [3.63, 3.8) is 0 Å². The molecule has 2 aliphatic heterocycles. The number of piperidine rings is 1. The zero-order valence-electron chi connectivity index (χ0n) is 16.7. The minimum atomic E-state index is -3.65. The smallest absolute Gasteiger partial charge is 0.243 e. The van der Waals surface area contributed by atoms with Crippen LogP contribution in [0.25, 0.3) is 0 Å². The Morgan fingerprint density at radius 2 is 1.84 bits per heavy atom. The Hall–Kier alpha value is -3.11. The van der Waals surface area contributed by atoms with Crippen LogP contribution in [0.3, 0.4) is 0 Å². The first-order valence-corrected chi connectivity index (χ1v) is 11.4. The van der Waals surface area contributed by atoms with Crippen LogP contribution >= 0.6 is 0 Å². The van der Waals surface area contributed by atoms with Gasteiger partial charge >= 0.3 is 0 Å². The standard InChI is InChI=1S/C21H23N3O6S/c25-20(23-16-8-9-18-19(11-16)30-14-29-18)12-22-21(26)15-5-4-10-24(13-15)31(27,28)17-6-2-1-3-7-17/h1-3,6-9,11,15H,4-5,10,12-14H2,(H,22,26)(H,23,25)/t15-/m0/s1. The van der Waals surface area contributed by atoms with Gasteiger partial charge in [0.2, 0.25) is 28.6 Å². The third kappa shape index (κ3) is 4.80. The molecule has 4 rings (SSSR count). The molecule has 2 N–H and O–H groups in total. The Bertz CT molecular complexity index is 1070. The molecule has 2 aromatic carbocycles. The molecule has 2 heterocycles. The van der Waals surface area contributed by atoms with Crippen molar-refractivity contribution < 1.29 is 27.5 Å². The molecule has 31 heavy (non-hydrogen) atoms. The molecule has 10 heteroatoms. The maximum Gasteiger partial charge on any atom is 0.243 e. The predicted molar refractivity (Wildman–Crippen MR) is 112 cm³/mol. The lowest BCUT2D eigenvalue weighted by Crippen LogP contribution is -2.46. The average Bonchev–Trinajstić information content (AvgIpc) is 3.26. The quantitative estimate of drug-likeness (QED) is 0.698.